The molecule has 2 fully saturated rings. The summed E-state index contributed by atoms with van der Waals surface area (Å²) >= 11 is 5.76. The van der Waals surface area contributed by atoms with Crippen molar-refractivity contribution in [2.45, 2.75) is 95.2 Å². The van der Waals surface area contributed by atoms with Gasteiger partial charge < -0.3 is 14.2 Å². The zero-order valence-electron chi connectivity index (χ0n) is 17.4. The molecule has 0 unspecified atom stereocenters. The van der Waals surface area contributed by atoms with Crippen molar-refractivity contribution in [3.63, 3.8) is 0 Å². The van der Waals surface area contributed by atoms with Crippen molar-refractivity contribution < 1.29 is 19.0 Å². The summed E-state index contributed by atoms with van der Waals surface area (Å²) in [7, 11) is 0. The Morgan fingerprint density at radius 3 is 2.59 bits per heavy atom. The van der Waals surface area contributed by atoms with Crippen molar-refractivity contribution in [2.75, 3.05) is 6.61 Å². The zero-order chi connectivity index (χ0) is 20.5. The normalized spacial score (nSPS) is 29.1. The van der Waals surface area contributed by atoms with Crippen molar-refractivity contribution in [1.29, 1.82) is 0 Å². The van der Waals surface area contributed by atoms with E-state index in [2.05, 4.69) is 29.1 Å². The van der Waals surface area contributed by atoms with Crippen LogP contribution in [0.15, 0.2) is 30.3 Å². The average Bonchev–Trinajstić information content (AvgIpc) is 3.24. The van der Waals surface area contributed by atoms with Crippen LogP contribution in [-0.2, 0) is 25.4 Å². The van der Waals surface area contributed by atoms with Crippen LogP contribution in [0, 0.1) is 0 Å². The largest absolute Gasteiger partial charge is 0.459 e. The summed E-state index contributed by atoms with van der Waals surface area (Å²) in [5, 5.41) is 0. The number of carbonyl (C=O) groups excluding carboxylic acids is 1. The summed E-state index contributed by atoms with van der Waals surface area (Å²) in [5.41, 5.74) is 1.31. The summed E-state index contributed by atoms with van der Waals surface area (Å²) in [5.74, 6) is -0.313. The molecule has 162 valence electrons. The van der Waals surface area contributed by atoms with E-state index in [4.69, 9.17) is 26.0 Å². The molecule has 1 aromatic rings. The summed E-state index contributed by atoms with van der Waals surface area (Å²) in [6.45, 7) is 2.52. The molecule has 29 heavy (non-hydrogen) atoms. The van der Waals surface area contributed by atoms with Gasteiger partial charge in [0.1, 0.15) is 18.2 Å². The van der Waals surface area contributed by atoms with E-state index in [1.54, 1.807) is 0 Å². The first-order valence-corrected chi connectivity index (χ1v) is 11.4. The standard InChI is InChI=1S/C23H34ClNO4/c1-17-22(27-16-8-11-18-9-3-2-4-10-18)21(29-19-12-5-6-13-19)15-7-14-20(25-24)23(26)28-17/h2-4,9-10,17,19-22,25H,5-8,11-16H2,1H3/t17-,20-,21-,22-/m0/s1. The molecule has 5 nitrogen and oxygen atoms in total. The number of esters is 1. The summed E-state index contributed by atoms with van der Waals surface area (Å²) in [4.78, 5) is 15.0. The van der Waals surface area contributed by atoms with Gasteiger partial charge in [0, 0.05) is 6.61 Å². The predicted octanol–water partition coefficient (Wildman–Crippen LogP) is 4.56. The predicted molar refractivity (Wildman–Crippen MR) is 114 cm³/mol. The lowest BCUT2D eigenvalue weighted by molar-refractivity contribution is -0.171. The van der Waals surface area contributed by atoms with Crippen LogP contribution < -0.4 is 4.84 Å². The van der Waals surface area contributed by atoms with E-state index in [0.29, 0.717) is 19.1 Å². The Morgan fingerprint density at radius 2 is 1.86 bits per heavy atom. The maximum atomic E-state index is 12.4. The van der Waals surface area contributed by atoms with Crippen molar-refractivity contribution in [2.24, 2.45) is 0 Å². The van der Waals surface area contributed by atoms with Crippen LogP contribution in [0.25, 0.3) is 0 Å². The number of hydrogen-bond donors (Lipinski definition) is 1. The van der Waals surface area contributed by atoms with Gasteiger partial charge in [0.05, 0.1) is 12.2 Å². The minimum absolute atomic E-state index is 0.0632. The third-order valence-electron chi connectivity index (χ3n) is 5.96. The van der Waals surface area contributed by atoms with E-state index >= 15 is 0 Å². The molecule has 2 aliphatic rings. The molecule has 1 N–H and O–H groups in total. The molecule has 0 aromatic heterocycles. The Bertz CT molecular complexity index is 608. The quantitative estimate of drug-likeness (QED) is 0.377. The van der Waals surface area contributed by atoms with Crippen LogP contribution in [0.5, 0.6) is 0 Å². The molecule has 1 heterocycles. The van der Waals surface area contributed by atoms with Gasteiger partial charge in [0.25, 0.3) is 0 Å². The Balaban J connectivity index is 1.61. The maximum absolute atomic E-state index is 12.4. The molecule has 0 bridgehead atoms. The van der Waals surface area contributed by atoms with Crippen molar-refractivity contribution in [3.05, 3.63) is 35.9 Å². The highest BCUT2D eigenvalue weighted by atomic mass is 35.5. The van der Waals surface area contributed by atoms with Gasteiger partial charge in [-0.05, 0) is 69.2 Å². The van der Waals surface area contributed by atoms with Gasteiger partial charge in [-0.25, -0.2) is 4.84 Å². The summed E-state index contributed by atoms with van der Waals surface area (Å²) in [6.07, 6.45) is 8.47. The minimum Gasteiger partial charge on any atom is -0.459 e. The Hall–Kier alpha value is -1.14. The van der Waals surface area contributed by atoms with Crippen LogP contribution in [0.1, 0.15) is 63.9 Å². The average molecular weight is 424 g/mol. The molecule has 1 saturated heterocycles. The zero-order valence-corrected chi connectivity index (χ0v) is 18.1. The SMILES string of the molecule is C[C@@H]1OC(=O)[C@@H](NCl)CCC[C@H](OC2CCCC2)[C@H]1OCCCc1ccccc1. The van der Waals surface area contributed by atoms with Gasteiger partial charge >= 0.3 is 5.97 Å². The van der Waals surface area contributed by atoms with E-state index in [1.165, 1.54) is 18.4 Å². The van der Waals surface area contributed by atoms with Gasteiger partial charge in [-0.2, -0.15) is 0 Å². The summed E-state index contributed by atoms with van der Waals surface area (Å²) in [6, 6.07) is 9.93. The van der Waals surface area contributed by atoms with Gasteiger partial charge in [0.15, 0.2) is 0 Å². The van der Waals surface area contributed by atoms with Crippen LogP contribution in [0.4, 0.5) is 0 Å². The third kappa shape index (κ3) is 6.95. The van der Waals surface area contributed by atoms with E-state index in [0.717, 1.165) is 38.5 Å². The second-order valence-electron chi connectivity index (χ2n) is 8.24. The Morgan fingerprint density at radius 1 is 1.10 bits per heavy atom. The number of ether oxygens (including phenoxy) is 3. The number of aryl methyl sites for hydroxylation is 1. The smallest absolute Gasteiger partial charge is 0.324 e. The van der Waals surface area contributed by atoms with Crippen molar-refractivity contribution in [1.82, 2.24) is 4.84 Å². The van der Waals surface area contributed by atoms with E-state index < -0.39 is 6.04 Å². The number of rotatable bonds is 8. The fraction of sp³-hybridized carbons (Fsp3) is 0.696. The molecule has 0 radical (unpaired) electrons. The molecule has 4 atom stereocenters. The Kier molecular flexibility index (Phi) is 9.25. The first-order chi connectivity index (χ1) is 14.2. The number of nitrogens with one attached hydrogen (secondary N) is 1. The maximum Gasteiger partial charge on any atom is 0.324 e. The van der Waals surface area contributed by atoms with E-state index in [1.807, 2.05) is 13.0 Å². The molecular weight excluding hydrogens is 390 g/mol. The number of benzene rings is 1. The fourth-order valence-corrected chi connectivity index (χ4v) is 4.54. The second-order valence-corrected chi connectivity index (χ2v) is 8.46. The highest BCUT2D eigenvalue weighted by Gasteiger charge is 2.36. The lowest BCUT2D eigenvalue weighted by Gasteiger charge is -2.33. The van der Waals surface area contributed by atoms with Crippen LogP contribution in [0.3, 0.4) is 0 Å². The molecule has 0 spiro atoms. The molecular formula is C23H34ClNO4. The van der Waals surface area contributed by atoms with Crippen LogP contribution >= 0.6 is 11.8 Å². The number of halogens is 1. The number of carbonyl (C=O) groups is 1. The summed E-state index contributed by atoms with van der Waals surface area (Å²) < 4.78 is 18.5. The molecule has 0 amide bonds. The molecule has 6 heteroatoms. The highest BCUT2D eigenvalue weighted by Crippen LogP contribution is 2.28. The lowest BCUT2D eigenvalue weighted by atomic mass is 10.0. The molecule has 1 aromatic carbocycles. The van der Waals surface area contributed by atoms with Crippen LogP contribution in [-0.4, -0.2) is 43.0 Å². The molecule has 1 aliphatic carbocycles. The van der Waals surface area contributed by atoms with Gasteiger partial charge in [-0.15, -0.1) is 0 Å². The lowest BCUT2D eigenvalue weighted by Crippen LogP contribution is -2.44. The van der Waals surface area contributed by atoms with Gasteiger partial charge in [-0.1, -0.05) is 43.2 Å². The topological polar surface area (TPSA) is 56.8 Å². The monoisotopic (exact) mass is 423 g/mol. The number of cyclic esters (lactones) is 1. The van der Waals surface area contributed by atoms with Gasteiger partial charge in [0.2, 0.25) is 0 Å². The number of hydrogen-bond acceptors (Lipinski definition) is 5. The third-order valence-corrected chi connectivity index (χ3v) is 6.22. The van der Waals surface area contributed by atoms with Gasteiger partial charge in [-0.3, -0.25) is 4.79 Å². The van der Waals surface area contributed by atoms with E-state index in [-0.39, 0.29) is 24.3 Å². The van der Waals surface area contributed by atoms with Crippen LogP contribution in [0.2, 0.25) is 0 Å². The van der Waals surface area contributed by atoms with Crippen molar-refractivity contribution >= 4 is 17.7 Å². The molecule has 3 rings (SSSR count). The van der Waals surface area contributed by atoms with Crippen molar-refractivity contribution in [3.8, 4) is 0 Å². The molecule has 1 saturated carbocycles. The molecule has 1 aliphatic heterocycles. The highest BCUT2D eigenvalue weighted by molar-refractivity contribution is 6.14. The second kappa shape index (κ2) is 11.9. The first-order valence-electron chi connectivity index (χ1n) is 11.0. The first kappa shape index (κ1) is 22.5. The Labute approximate surface area is 179 Å². The fourth-order valence-electron chi connectivity index (χ4n) is 4.34. The minimum atomic E-state index is -0.483. The van der Waals surface area contributed by atoms with E-state index in [9.17, 15) is 4.79 Å².